The average Bonchev–Trinajstić information content (AvgIpc) is 2.50. The van der Waals surface area contributed by atoms with Gasteiger partial charge in [-0.25, -0.2) is 0 Å². The predicted molar refractivity (Wildman–Crippen MR) is 65.7 cm³/mol. The quantitative estimate of drug-likeness (QED) is 0.796. The highest BCUT2D eigenvalue weighted by atomic mass is 35.5. The molecule has 0 aliphatic carbocycles. The summed E-state index contributed by atoms with van der Waals surface area (Å²) < 4.78 is 0.790. The lowest BCUT2D eigenvalue weighted by Gasteiger charge is -2.30. The molecule has 1 aromatic heterocycles. The third-order valence-electron chi connectivity index (χ3n) is 2.11. The highest BCUT2D eigenvalue weighted by Crippen LogP contribution is 2.37. The Morgan fingerprint density at radius 1 is 1.50 bits per heavy atom. The van der Waals surface area contributed by atoms with E-state index in [1.54, 1.807) is 11.3 Å². The number of hydrogen-bond donors (Lipinski definition) is 1. The van der Waals surface area contributed by atoms with Crippen LogP contribution in [0.2, 0.25) is 4.34 Å². The summed E-state index contributed by atoms with van der Waals surface area (Å²) in [7, 11) is 0. The van der Waals surface area contributed by atoms with Crippen LogP contribution in [0.4, 0.5) is 0 Å². The van der Waals surface area contributed by atoms with Crippen LogP contribution in [0.1, 0.15) is 31.0 Å². The Morgan fingerprint density at radius 2 is 2.14 bits per heavy atom. The molecule has 1 N–H and O–H groups in total. The number of alkyl halides is 1. The Kier molecular flexibility index (Phi) is 4.26. The van der Waals surface area contributed by atoms with Crippen molar-refractivity contribution in [1.82, 2.24) is 5.32 Å². The maximum Gasteiger partial charge on any atom is 0.0931 e. The lowest BCUT2D eigenvalue weighted by Crippen LogP contribution is -2.42. The number of hydrogen-bond acceptors (Lipinski definition) is 2. The molecule has 1 heterocycles. The molecular weight excluding hydrogens is 237 g/mol. The first-order valence-corrected chi connectivity index (χ1v) is 6.25. The minimum absolute atomic E-state index is 0.0417. The zero-order valence-corrected chi connectivity index (χ0v) is 10.9. The molecule has 0 unspecified atom stereocenters. The zero-order chi connectivity index (χ0) is 10.8. The predicted octanol–water partition coefficient (Wildman–Crippen LogP) is 4.07. The van der Waals surface area contributed by atoms with Crippen molar-refractivity contribution in [3.05, 3.63) is 21.3 Å². The summed E-state index contributed by atoms with van der Waals surface area (Å²) in [6.45, 7) is 7.19. The van der Waals surface area contributed by atoms with Crippen molar-refractivity contribution >= 4 is 34.5 Å². The molecule has 0 aliphatic heterocycles. The Balaban J connectivity index is 2.78. The molecule has 80 valence electrons. The van der Waals surface area contributed by atoms with E-state index in [1.165, 1.54) is 0 Å². The SMILES string of the molecule is CCNC(C)(C)[C@@H](Cl)c1ccc(Cl)s1. The van der Waals surface area contributed by atoms with Gasteiger partial charge in [0.15, 0.2) is 0 Å². The Bertz CT molecular complexity index is 296. The summed E-state index contributed by atoms with van der Waals surface area (Å²) in [5.41, 5.74) is -0.107. The standard InChI is InChI=1S/C10H15Cl2NS/c1-4-13-10(2,3)9(12)7-5-6-8(11)14-7/h5-6,9,13H,4H2,1-3H3/t9-/m0/s1. The second kappa shape index (κ2) is 4.84. The third-order valence-corrected chi connectivity index (χ3v) is 4.32. The smallest absolute Gasteiger partial charge is 0.0931 e. The lowest BCUT2D eigenvalue weighted by molar-refractivity contribution is 0.388. The average molecular weight is 252 g/mol. The number of nitrogens with one attached hydrogen (secondary N) is 1. The van der Waals surface area contributed by atoms with Crippen molar-refractivity contribution in [2.24, 2.45) is 0 Å². The monoisotopic (exact) mass is 251 g/mol. The van der Waals surface area contributed by atoms with Crippen molar-refractivity contribution in [2.45, 2.75) is 31.7 Å². The number of halogens is 2. The maximum absolute atomic E-state index is 6.38. The highest BCUT2D eigenvalue weighted by Gasteiger charge is 2.29. The first-order chi connectivity index (χ1) is 6.47. The summed E-state index contributed by atoms with van der Waals surface area (Å²) in [6.07, 6.45) is 0. The van der Waals surface area contributed by atoms with Gasteiger partial charge in [0.1, 0.15) is 0 Å². The summed E-state index contributed by atoms with van der Waals surface area (Å²) in [4.78, 5) is 1.11. The molecule has 0 radical (unpaired) electrons. The van der Waals surface area contributed by atoms with E-state index < -0.39 is 0 Å². The Morgan fingerprint density at radius 3 is 2.57 bits per heavy atom. The van der Waals surface area contributed by atoms with Crippen molar-refractivity contribution in [1.29, 1.82) is 0 Å². The summed E-state index contributed by atoms with van der Waals surface area (Å²) >= 11 is 13.8. The van der Waals surface area contributed by atoms with Gasteiger partial charge in [0.25, 0.3) is 0 Å². The Labute approximate surface area is 99.4 Å². The molecule has 0 aliphatic rings. The van der Waals surface area contributed by atoms with Gasteiger partial charge in [0.2, 0.25) is 0 Å². The van der Waals surface area contributed by atoms with Crippen LogP contribution in [0.5, 0.6) is 0 Å². The van der Waals surface area contributed by atoms with Gasteiger partial charge in [-0.1, -0.05) is 18.5 Å². The van der Waals surface area contributed by atoms with E-state index in [-0.39, 0.29) is 10.9 Å². The molecular formula is C10H15Cl2NS. The van der Waals surface area contributed by atoms with Crippen molar-refractivity contribution < 1.29 is 0 Å². The van der Waals surface area contributed by atoms with Crippen molar-refractivity contribution in [2.75, 3.05) is 6.54 Å². The fourth-order valence-electron chi connectivity index (χ4n) is 1.37. The fourth-order valence-corrected chi connectivity index (χ4v) is 2.87. The molecule has 1 nitrogen and oxygen atoms in total. The van der Waals surface area contributed by atoms with Crippen LogP contribution in [-0.2, 0) is 0 Å². The van der Waals surface area contributed by atoms with Gasteiger partial charge in [0, 0.05) is 10.4 Å². The minimum Gasteiger partial charge on any atom is -0.310 e. The summed E-state index contributed by atoms with van der Waals surface area (Å²) in [5, 5.41) is 3.32. The van der Waals surface area contributed by atoms with Gasteiger partial charge in [-0.3, -0.25) is 0 Å². The number of rotatable bonds is 4. The fraction of sp³-hybridized carbons (Fsp3) is 0.600. The van der Waals surface area contributed by atoms with E-state index in [1.807, 2.05) is 12.1 Å². The molecule has 0 spiro atoms. The van der Waals surface area contributed by atoms with Crippen LogP contribution in [0.3, 0.4) is 0 Å². The van der Waals surface area contributed by atoms with Crippen LogP contribution < -0.4 is 5.32 Å². The molecule has 0 saturated carbocycles. The number of thiophene rings is 1. The van der Waals surface area contributed by atoms with Crippen LogP contribution in [0, 0.1) is 0 Å². The van der Waals surface area contributed by atoms with E-state index in [0.29, 0.717) is 0 Å². The van der Waals surface area contributed by atoms with Crippen LogP contribution in [0.25, 0.3) is 0 Å². The molecule has 1 aromatic rings. The molecule has 0 fully saturated rings. The van der Waals surface area contributed by atoms with E-state index in [4.69, 9.17) is 23.2 Å². The normalized spacial score (nSPS) is 14.4. The van der Waals surface area contributed by atoms with Crippen LogP contribution in [0.15, 0.2) is 12.1 Å². The molecule has 4 heteroatoms. The van der Waals surface area contributed by atoms with E-state index in [9.17, 15) is 0 Å². The largest absolute Gasteiger partial charge is 0.310 e. The highest BCUT2D eigenvalue weighted by molar-refractivity contribution is 7.16. The van der Waals surface area contributed by atoms with Gasteiger partial charge in [-0.2, -0.15) is 0 Å². The first kappa shape index (κ1) is 12.3. The van der Waals surface area contributed by atoms with E-state index in [2.05, 4.69) is 26.1 Å². The van der Waals surface area contributed by atoms with Gasteiger partial charge < -0.3 is 5.32 Å². The molecule has 1 atom stereocenters. The lowest BCUT2D eigenvalue weighted by atomic mass is 9.99. The second-order valence-corrected chi connectivity index (χ2v) is 5.94. The van der Waals surface area contributed by atoms with Crippen LogP contribution in [-0.4, -0.2) is 12.1 Å². The van der Waals surface area contributed by atoms with Gasteiger partial charge in [-0.05, 0) is 32.5 Å². The maximum atomic E-state index is 6.38. The van der Waals surface area contributed by atoms with Crippen LogP contribution >= 0.6 is 34.5 Å². The van der Waals surface area contributed by atoms with E-state index >= 15 is 0 Å². The van der Waals surface area contributed by atoms with E-state index in [0.717, 1.165) is 15.8 Å². The summed E-state index contributed by atoms with van der Waals surface area (Å²) in [5.74, 6) is 0. The molecule has 0 amide bonds. The molecule has 0 bridgehead atoms. The molecule has 0 aromatic carbocycles. The van der Waals surface area contributed by atoms with Gasteiger partial charge >= 0.3 is 0 Å². The minimum atomic E-state index is -0.107. The molecule has 14 heavy (non-hydrogen) atoms. The van der Waals surface area contributed by atoms with Gasteiger partial charge in [0.05, 0.1) is 9.71 Å². The second-order valence-electron chi connectivity index (χ2n) is 3.76. The molecule has 1 rings (SSSR count). The topological polar surface area (TPSA) is 12.0 Å². The Hall–Kier alpha value is 0.240. The third kappa shape index (κ3) is 2.86. The summed E-state index contributed by atoms with van der Waals surface area (Å²) in [6, 6.07) is 3.88. The van der Waals surface area contributed by atoms with Gasteiger partial charge in [-0.15, -0.1) is 22.9 Å². The van der Waals surface area contributed by atoms with Crippen molar-refractivity contribution in [3.63, 3.8) is 0 Å². The first-order valence-electron chi connectivity index (χ1n) is 4.61. The molecule has 0 saturated heterocycles. The zero-order valence-electron chi connectivity index (χ0n) is 8.60. The van der Waals surface area contributed by atoms with Crippen molar-refractivity contribution in [3.8, 4) is 0 Å². The number of likely N-dealkylation sites (N-methyl/N-ethyl adjacent to an activating group) is 1.